The SMILES string of the molecule is C(CCN1CCCC(c2nn[nH]n2)C1)=C1c2ccccc2CCc2ccccc21. The van der Waals surface area contributed by atoms with Crippen LogP contribution in [0.25, 0.3) is 5.57 Å². The molecule has 148 valence electrons. The molecule has 1 aromatic heterocycles. The summed E-state index contributed by atoms with van der Waals surface area (Å²) in [5.74, 6) is 1.26. The Kier molecular flexibility index (Phi) is 5.22. The average Bonchev–Trinajstić information content (AvgIpc) is 3.26. The zero-order valence-electron chi connectivity index (χ0n) is 16.7. The average molecular weight is 386 g/mol. The number of aromatic amines is 1. The van der Waals surface area contributed by atoms with Crippen LogP contribution in [0.15, 0.2) is 54.6 Å². The third kappa shape index (κ3) is 3.87. The molecule has 1 atom stereocenters. The Morgan fingerprint density at radius 1 is 1.00 bits per heavy atom. The molecular formula is C24H27N5. The first kappa shape index (κ1) is 18.3. The molecule has 5 rings (SSSR count). The van der Waals surface area contributed by atoms with Gasteiger partial charge in [-0.2, -0.15) is 5.21 Å². The molecule has 2 heterocycles. The third-order valence-electron chi connectivity index (χ3n) is 6.30. The van der Waals surface area contributed by atoms with Gasteiger partial charge in [-0.3, -0.25) is 0 Å². The smallest absolute Gasteiger partial charge is 0.178 e. The van der Waals surface area contributed by atoms with E-state index in [0.717, 1.165) is 51.1 Å². The van der Waals surface area contributed by atoms with Crippen LogP contribution in [0.5, 0.6) is 0 Å². The second-order valence-corrected chi connectivity index (χ2v) is 8.13. The molecule has 1 fully saturated rings. The largest absolute Gasteiger partial charge is 0.302 e. The monoisotopic (exact) mass is 385 g/mol. The van der Waals surface area contributed by atoms with Gasteiger partial charge in [0.15, 0.2) is 5.82 Å². The highest BCUT2D eigenvalue weighted by Crippen LogP contribution is 2.34. The van der Waals surface area contributed by atoms with Crippen molar-refractivity contribution in [3.63, 3.8) is 0 Å². The van der Waals surface area contributed by atoms with Gasteiger partial charge in [-0.25, -0.2) is 0 Å². The van der Waals surface area contributed by atoms with Crippen LogP contribution in [0.4, 0.5) is 0 Å². The molecule has 0 bridgehead atoms. The predicted octanol–water partition coefficient (Wildman–Crippen LogP) is 4.00. The molecule has 0 radical (unpaired) electrons. The Bertz CT molecular complexity index is 943. The summed E-state index contributed by atoms with van der Waals surface area (Å²) >= 11 is 0. The first-order valence-corrected chi connectivity index (χ1v) is 10.7. The standard InChI is InChI=1S/C24H27N5/c1-3-10-21-18(7-1)13-14-19-8-2-4-11-22(19)23(21)12-6-16-29-15-5-9-20(17-29)24-25-27-28-26-24/h1-4,7-8,10-12,20H,5-6,9,13-17H2,(H,25,26,27,28). The van der Waals surface area contributed by atoms with Crippen LogP contribution in [0.2, 0.25) is 0 Å². The molecule has 2 aromatic carbocycles. The van der Waals surface area contributed by atoms with Crippen molar-refractivity contribution in [2.75, 3.05) is 19.6 Å². The normalized spacial score (nSPS) is 19.3. The fourth-order valence-electron chi connectivity index (χ4n) is 4.84. The summed E-state index contributed by atoms with van der Waals surface area (Å²) in [5.41, 5.74) is 7.14. The second kappa shape index (κ2) is 8.29. The van der Waals surface area contributed by atoms with E-state index in [9.17, 15) is 0 Å². The number of hydrogen-bond donors (Lipinski definition) is 1. The van der Waals surface area contributed by atoms with Gasteiger partial charge >= 0.3 is 0 Å². The Labute approximate surface area is 171 Å². The van der Waals surface area contributed by atoms with Crippen molar-refractivity contribution in [2.24, 2.45) is 0 Å². The van der Waals surface area contributed by atoms with Gasteiger partial charge < -0.3 is 4.90 Å². The van der Waals surface area contributed by atoms with Gasteiger partial charge in [0.2, 0.25) is 0 Å². The molecule has 5 heteroatoms. The topological polar surface area (TPSA) is 57.7 Å². The fraction of sp³-hybridized carbons (Fsp3) is 0.375. The number of fused-ring (bicyclic) bond motifs is 2. The van der Waals surface area contributed by atoms with E-state index in [0.29, 0.717) is 5.92 Å². The summed E-state index contributed by atoms with van der Waals surface area (Å²) < 4.78 is 0. The maximum atomic E-state index is 4.20. The number of rotatable bonds is 4. The first-order valence-electron chi connectivity index (χ1n) is 10.7. The van der Waals surface area contributed by atoms with Crippen LogP contribution in [0.1, 0.15) is 53.3 Å². The number of nitrogens with one attached hydrogen (secondary N) is 1. The van der Waals surface area contributed by atoms with Crippen LogP contribution in [0, 0.1) is 0 Å². The zero-order valence-corrected chi connectivity index (χ0v) is 16.7. The summed E-state index contributed by atoms with van der Waals surface area (Å²) in [6.45, 7) is 3.25. The van der Waals surface area contributed by atoms with E-state index in [1.54, 1.807) is 0 Å². The Morgan fingerprint density at radius 3 is 2.41 bits per heavy atom. The molecule has 1 unspecified atom stereocenters. The molecule has 0 spiro atoms. The fourth-order valence-corrected chi connectivity index (χ4v) is 4.84. The molecule has 0 amide bonds. The number of nitrogens with zero attached hydrogens (tertiary/aromatic N) is 4. The Hall–Kier alpha value is -2.79. The van der Waals surface area contributed by atoms with Crippen molar-refractivity contribution in [1.29, 1.82) is 0 Å². The lowest BCUT2D eigenvalue weighted by molar-refractivity contribution is 0.207. The molecular weight excluding hydrogens is 358 g/mol. The highest BCUT2D eigenvalue weighted by molar-refractivity contribution is 5.83. The number of piperidine rings is 1. The van der Waals surface area contributed by atoms with Crippen LogP contribution >= 0.6 is 0 Å². The van der Waals surface area contributed by atoms with Gasteiger partial charge in [0.25, 0.3) is 0 Å². The van der Waals surface area contributed by atoms with Crippen LogP contribution < -0.4 is 0 Å². The van der Waals surface area contributed by atoms with Crippen molar-refractivity contribution in [1.82, 2.24) is 25.5 Å². The van der Waals surface area contributed by atoms with Gasteiger partial charge in [-0.1, -0.05) is 59.8 Å². The summed E-state index contributed by atoms with van der Waals surface area (Å²) in [6, 6.07) is 17.8. The van der Waals surface area contributed by atoms with Crippen molar-refractivity contribution < 1.29 is 0 Å². The molecule has 2 aliphatic rings. The molecule has 3 aromatic rings. The van der Waals surface area contributed by atoms with Crippen LogP contribution in [-0.4, -0.2) is 45.2 Å². The number of tetrazole rings is 1. The maximum Gasteiger partial charge on any atom is 0.178 e. The predicted molar refractivity (Wildman–Crippen MR) is 115 cm³/mol. The number of benzene rings is 2. The van der Waals surface area contributed by atoms with E-state index < -0.39 is 0 Å². The second-order valence-electron chi connectivity index (χ2n) is 8.13. The third-order valence-corrected chi connectivity index (χ3v) is 6.30. The molecule has 29 heavy (non-hydrogen) atoms. The van der Waals surface area contributed by atoms with Gasteiger partial charge in [0.05, 0.1) is 0 Å². The van der Waals surface area contributed by atoms with Crippen molar-refractivity contribution >= 4 is 5.57 Å². The lowest BCUT2D eigenvalue weighted by Crippen LogP contribution is -2.35. The van der Waals surface area contributed by atoms with Gasteiger partial charge in [-0.05, 0) is 66.5 Å². The molecule has 1 N–H and O–H groups in total. The molecule has 1 saturated heterocycles. The minimum atomic E-state index is 0.398. The van der Waals surface area contributed by atoms with E-state index in [2.05, 4.69) is 80.1 Å². The summed E-state index contributed by atoms with van der Waals surface area (Å²) in [7, 11) is 0. The van der Waals surface area contributed by atoms with E-state index in [1.165, 1.54) is 34.2 Å². The molecule has 1 aliphatic heterocycles. The minimum absolute atomic E-state index is 0.398. The number of aromatic nitrogens is 4. The Balaban J connectivity index is 1.35. The number of hydrogen-bond acceptors (Lipinski definition) is 4. The maximum absolute atomic E-state index is 4.20. The lowest BCUT2D eigenvalue weighted by Gasteiger charge is -2.30. The van der Waals surface area contributed by atoms with Gasteiger partial charge in [0, 0.05) is 19.0 Å². The summed E-state index contributed by atoms with van der Waals surface area (Å²) in [6.07, 6.45) is 8.09. The van der Waals surface area contributed by atoms with E-state index >= 15 is 0 Å². The lowest BCUT2D eigenvalue weighted by atomic mass is 9.93. The van der Waals surface area contributed by atoms with E-state index in [1.807, 2.05) is 0 Å². The van der Waals surface area contributed by atoms with Gasteiger partial charge in [-0.15, -0.1) is 10.2 Å². The number of aryl methyl sites for hydroxylation is 2. The molecule has 1 aliphatic carbocycles. The number of H-pyrrole nitrogens is 1. The van der Waals surface area contributed by atoms with E-state index in [4.69, 9.17) is 0 Å². The highest BCUT2D eigenvalue weighted by Gasteiger charge is 2.24. The highest BCUT2D eigenvalue weighted by atomic mass is 15.5. The zero-order chi connectivity index (χ0) is 19.5. The van der Waals surface area contributed by atoms with Gasteiger partial charge in [0.1, 0.15) is 0 Å². The number of likely N-dealkylation sites (tertiary alicyclic amines) is 1. The van der Waals surface area contributed by atoms with Crippen LogP contribution in [0.3, 0.4) is 0 Å². The van der Waals surface area contributed by atoms with Crippen molar-refractivity contribution in [2.45, 2.75) is 38.0 Å². The molecule has 5 nitrogen and oxygen atoms in total. The minimum Gasteiger partial charge on any atom is -0.302 e. The van der Waals surface area contributed by atoms with Crippen molar-refractivity contribution in [3.8, 4) is 0 Å². The summed E-state index contributed by atoms with van der Waals surface area (Å²) in [5, 5.41) is 14.7. The molecule has 0 saturated carbocycles. The summed E-state index contributed by atoms with van der Waals surface area (Å²) in [4.78, 5) is 2.55. The van der Waals surface area contributed by atoms with Crippen LogP contribution in [-0.2, 0) is 12.8 Å². The first-order chi connectivity index (χ1) is 14.4. The van der Waals surface area contributed by atoms with E-state index in [-0.39, 0.29) is 0 Å². The van der Waals surface area contributed by atoms with Crippen molar-refractivity contribution in [3.05, 3.63) is 82.7 Å². The quantitative estimate of drug-likeness (QED) is 0.737. The Morgan fingerprint density at radius 2 is 1.72 bits per heavy atom.